The molecule has 2 nitrogen and oxygen atoms in total. The Hall–Kier alpha value is -1.67. The van der Waals surface area contributed by atoms with E-state index in [9.17, 15) is 0 Å². The largest absolute Gasteiger partial charge is 0.326 e. The number of fused-ring (bicyclic) bond motifs is 1. The van der Waals surface area contributed by atoms with Gasteiger partial charge in [-0.25, -0.2) is 0 Å². The molecule has 1 atom stereocenters. The Labute approximate surface area is 102 Å². The summed E-state index contributed by atoms with van der Waals surface area (Å²) in [6.07, 6.45) is 4.21. The van der Waals surface area contributed by atoms with Crippen LogP contribution in [0.5, 0.6) is 0 Å². The molecule has 1 aromatic heterocycles. The highest BCUT2D eigenvalue weighted by atomic mass is 14.7. The zero-order chi connectivity index (χ0) is 11.7. The number of hydrogen-bond donors (Lipinski definition) is 1. The van der Waals surface area contributed by atoms with E-state index in [4.69, 9.17) is 5.73 Å². The Balaban J connectivity index is 1.95. The van der Waals surface area contributed by atoms with E-state index in [0.717, 1.165) is 6.42 Å². The molecule has 1 aromatic carbocycles. The molecule has 0 saturated carbocycles. The first kappa shape index (κ1) is 10.5. The van der Waals surface area contributed by atoms with Gasteiger partial charge in [0, 0.05) is 18.7 Å². The Morgan fingerprint density at radius 2 is 2.00 bits per heavy atom. The summed E-state index contributed by atoms with van der Waals surface area (Å²) < 4.78 is 0. The molecule has 2 aromatic rings. The van der Waals surface area contributed by atoms with Gasteiger partial charge in [-0.3, -0.25) is 4.98 Å². The average Bonchev–Trinajstić information content (AvgIpc) is 2.83. The molecular formula is C15H16N2. The number of nitrogens with two attached hydrogens (primary N) is 1. The topological polar surface area (TPSA) is 38.9 Å². The van der Waals surface area contributed by atoms with E-state index in [-0.39, 0.29) is 0 Å². The zero-order valence-corrected chi connectivity index (χ0v) is 9.76. The first-order chi connectivity index (χ1) is 8.38. The van der Waals surface area contributed by atoms with Crippen LogP contribution in [0.2, 0.25) is 0 Å². The predicted octanol–water partition coefficient (Wildman–Crippen LogP) is 2.62. The fourth-order valence-electron chi connectivity index (χ4n) is 2.62. The molecule has 17 heavy (non-hydrogen) atoms. The molecule has 86 valence electrons. The number of pyridine rings is 1. The van der Waals surface area contributed by atoms with Gasteiger partial charge in [-0.1, -0.05) is 30.3 Å². The molecule has 0 bridgehead atoms. The van der Waals surface area contributed by atoms with Gasteiger partial charge in [-0.05, 0) is 35.6 Å². The molecule has 0 saturated heterocycles. The van der Waals surface area contributed by atoms with E-state index in [0.29, 0.717) is 12.5 Å². The fraction of sp³-hybridized carbons (Fsp3) is 0.267. The number of aromatic nitrogens is 1. The van der Waals surface area contributed by atoms with Gasteiger partial charge in [0.15, 0.2) is 0 Å². The lowest BCUT2D eigenvalue weighted by Crippen LogP contribution is -2.00. The summed E-state index contributed by atoms with van der Waals surface area (Å²) in [5, 5.41) is 0. The van der Waals surface area contributed by atoms with Gasteiger partial charge in [-0.15, -0.1) is 0 Å². The predicted molar refractivity (Wildman–Crippen MR) is 68.7 cm³/mol. The Kier molecular flexibility index (Phi) is 2.65. The van der Waals surface area contributed by atoms with Gasteiger partial charge in [0.05, 0.1) is 5.69 Å². The Morgan fingerprint density at radius 1 is 1.18 bits per heavy atom. The highest BCUT2D eigenvalue weighted by molar-refractivity contribution is 5.38. The Morgan fingerprint density at radius 3 is 2.76 bits per heavy atom. The number of rotatable bonds is 2. The highest BCUT2D eigenvalue weighted by Gasteiger charge is 2.24. The maximum atomic E-state index is 5.62. The minimum Gasteiger partial charge on any atom is -0.326 e. The van der Waals surface area contributed by atoms with Gasteiger partial charge >= 0.3 is 0 Å². The third-order valence-electron chi connectivity index (χ3n) is 3.58. The van der Waals surface area contributed by atoms with Crippen molar-refractivity contribution >= 4 is 0 Å². The van der Waals surface area contributed by atoms with E-state index in [1.807, 2.05) is 12.3 Å². The maximum absolute atomic E-state index is 5.62. The van der Waals surface area contributed by atoms with Crippen molar-refractivity contribution in [2.24, 2.45) is 5.73 Å². The van der Waals surface area contributed by atoms with E-state index in [1.165, 1.54) is 28.8 Å². The van der Waals surface area contributed by atoms with Crippen LogP contribution in [0.1, 0.15) is 34.7 Å². The molecule has 3 rings (SSSR count). The first-order valence-electron chi connectivity index (χ1n) is 6.11. The summed E-state index contributed by atoms with van der Waals surface area (Å²) >= 11 is 0. The number of benzene rings is 1. The SMILES string of the molecule is NCc1ccc(C2CCc3cccnc32)cc1. The summed E-state index contributed by atoms with van der Waals surface area (Å²) in [6.45, 7) is 0.611. The number of hydrogen-bond acceptors (Lipinski definition) is 2. The van der Waals surface area contributed by atoms with Crippen LogP contribution in [-0.4, -0.2) is 4.98 Å². The van der Waals surface area contributed by atoms with E-state index < -0.39 is 0 Å². The van der Waals surface area contributed by atoms with Crippen LogP contribution in [-0.2, 0) is 13.0 Å². The monoisotopic (exact) mass is 224 g/mol. The molecule has 1 heterocycles. The summed E-state index contributed by atoms with van der Waals surface area (Å²) in [5.41, 5.74) is 10.8. The van der Waals surface area contributed by atoms with Crippen LogP contribution in [0.25, 0.3) is 0 Å². The van der Waals surface area contributed by atoms with Crippen LogP contribution in [0, 0.1) is 0 Å². The van der Waals surface area contributed by atoms with Gasteiger partial charge in [0.2, 0.25) is 0 Å². The van der Waals surface area contributed by atoms with Crippen molar-refractivity contribution in [3.05, 3.63) is 65.0 Å². The normalized spacial score (nSPS) is 18.1. The summed E-state index contributed by atoms with van der Waals surface area (Å²) in [6, 6.07) is 12.8. The van der Waals surface area contributed by atoms with Crippen LogP contribution in [0.4, 0.5) is 0 Å². The van der Waals surface area contributed by atoms with E-state index >= 15 is 0 Å². The highest BCUT2D eigenvalue weighted by Crippen LogP contribution is 2.36. The van der Waals surface area contributed by atoms with Gasteiger partial charge in [-0.2, -0.15) is 0 Å². The molecule has 0 fully saturated rings. The third kappa shape index (κ3) is 1.85. The van der Waals surface area contributed by atoms with Crippen molar-refractivity contribution in [3.8, 4) is 0 Å². The van der Waals surface area contributed by atoms with Crippen molar-refractivity contribution < 1.29 is 0 Å². The van der Waals surface area contributed by atoms with Crippen LogP contribution < -0.4 is 5.73 Å². The molecular weight excluding hydrogens is 208 g/mol. The van der Waals surface area contributed by atoms with Gasteiger partial charge < -0.3 is 5.73 Å². The zero-order valence-electron chi connectivity index (χ0n) is 9.76. The maximum Gasteiger partial charge on any atom is 0.0510 e. The second kappa shape index (κ2) is 4.30. The van der Waals surface area contributed by atoms with Crippen LogP contribution >= 0.6 is 0 Å². The van der Waals surface area contributed by atoms with Crippen molar-refractivity contribution in [1.82, 2.24) is 4.98 Å². The quantitative estimate of drug-likeness (QED) is 0.851. The van der Waals surface area contributed by atoms with E-state index in [2.05, 4.69) is 35.3 Å². The summed E-state index contributed by atoms with van der Waals surface area (Å²) in [4.78, 5) is 4.53. The summed E-state index contributed by atoms with van der Waals surface area (Å²) in [7, 11) is 0. The molecule has 1 aliphatic carbocycles. The molecule has 0 amide bonds. The van der Waals surface area contributed by atoms with Gasteiger partial charge in [0.25, 0.3) is 0 Å². The first-order valence-corrected chi connectivity index (χ1v) is 6.11. The third-order valence-corrected chi connectivity index (χ3v) is 3.58. The van der Waals surface area contributed by atoms with E-state index in [1.54, 1.807) is 0 Å². The van der Waals surface area contributed by atoms with Crippen molar-refractivity contribution in [2.75, 3.05) is 0 Å². The van der Waals surface area contributed by atoms with Gasteiger partial charge in [0.1, 0.15) is 0 Å². The standard InChI is InChI=1S/C15H16N2/c16-10-11-3-5-12(6-4-11)14-8-7-13-2-1-9-17-15(13)14/h1-6,9,14H,7-8,10,16H2. The van der Waals surface area contributed by atoms with Crippen molar-refractivity contribution in [3.63, 3.8) is 0 Å². The smallest absolute Gasteiger partial charge is 0.0510 e. The molecule has 0 radical (unpaired) electrons. The lowest BCUT2D eigenvalue weighted by atomic mass is 9.95. The molecule has 2 heteroatoms. The summed E-state index contributed by atoms with van der Waals surface area (Å²) in [5.74, 6) is 0.470. The molecule has 1 unspecified atom stereocenters. The molecule has 2 N–H and O–H groups in total. The second-order valence-corrected chi connectivity index (χ2v) is 4.58. The number of nitrogens with zero attached hydrogens (tertiary/aromatic N) is 1. The minimum absolute atomic E-state index is 0.470. The number of aryl methyl sites for hydroxylation is 1. The average molecular weight is 224 g/mol. The second-order valence-electron chi connectivity index (χ2n) is 4.58. The molecule has 0 spiro atoms. The minimum atomic E-state index is 0.470. The van der Waals surface area contributed by atoms with Crippen molar-refractivity contribution in [1.29, 1.82) is 0 Å². The van der Waals surface area contributed by atoms with Crippen molar-refractivity contribution in [2.45, 2.75) is 25.3 Å². The fourth-order valence-corrected chi connectivity index (χ4v) is 2.62. The van der Waals surface area contributed by atoms with Crippen LogP contribution in [0.3, 0.4) is 0 Å². The Bertz CT molecular complexity index is 517. The molecule has 0 aliphatic heterocycles. The van der Waals surface area contributed by atoms with Crippen LogP contribution in [0.15, 0.2) is 42.6 Å². The lowest BCUT2D eigenvalue weighted by Gasteiger charge is -2.11. The lowest BCUT2D eigenvalue weighted by molar-refractivity contribution is 0.771. The molecule has 1 aliphatic rings.